The summed E-state index contributed by atoms with van der Waals surface area (Å²) in [5, 5.41) is 23.6. The monoisotopic (exact) mass is 498 g/mol. The second-order valence-corrected chi connectivity index (χ2v) is 11.2. The van der Waals surface area contributed by atoms with Crippen molar-refractivity contribution in [1.29, 1.82) is 0 Å². The number of likely N-dealkylation sites (tertiary alicyclic amines) is 1. The first-order valence-electron chi connectivity index (χ1n) is 13.8. The molecule has 8 nitrogen and oxygen atoms in total. The summed E-state index contributed by atoms with van der Waals surface area (Å²) in [7, 11) is 0. The molecule has 2 N–H and O–H groups in total. The Bertz CT molecular complexity index is 859. The maximum atomic E-state index is 12.9. The number of rotatable bonds is 9. The van der Waals surface area contributed by atoms with Crippen LogP contribution in [-0.2, 0) is 9.59 Å². The molecular weight excluding hydrogens is 456 g/mol. The molecule has 8 heteroatoms. The summed E-state index contributed by atoms with van der Waals surface area (Å²) in [5.74, 6) is 2.89. The van der Waals surface area contributed by atoms with Gasteiger partial charge in [-0.05, 0) is 107 Å². The summed E-state index contributed by atoms with van der Waals surface area (Å²) >= 11 is 0. The van der Waals surface area contributed by atoms with E-state index in [0.29, 0.717) is 49.0 Å². The summed E-state index contributed by atoms with van der Waals surface area (Å²) in [6.07, 6.45) is 19.3. The number of allylic oxidation sites excluding steroid dienone is 2. The molecule has 3 fully saturated rings. The molecule has 2 heterocycles. The van der Waals surface area contributed by atoms with Gasteiger partial charge in [-0.1, -0.05) is 11.2 Å². The van der Waals surface area contributed by atoms with Crippen LogP contribution < -0.4 is 0 Å². The van der Waals surface area contributed by atoms with E-state index in [0.717, 1.165) is 82.9 Å². The van der Waals surface area contributed by atoms with E-state index in [-0.39, 0.29) is 11.8 Å². The van der Waals surface area contributed by atoms with E-state index < -0.39 is 0 Å². The quantitative estimate of drug-likeness (QED) is 0.281. The minimum absolute atomic E-state index is 0.171. The SMILES string of the molecule is O=C(CN1C=CC(/C=N/O)=CC1)C1CCC(C2CCC(C(=O)CN3CCC(/C=N/O)CC3)CC2)CC1. The Morgan fingerprint density at radius 1 is 0.833 bits per heavy atom. The minimum atomic E-state index is 0.171. The minimum Gasteiger partial charge on any atom is -0.411 e. The van der Waals surface area contributed by atoms with Gasteiger partial charge < -0.3 is 15.3 Å². The molecule has 198 valence electrons. The Morgan fingerprint density at radius 2 is 1.42 bits per heavy atom. The van der Waals surface area contributed by atoms with Crippen LogP contribution in [0.15, 0.2) is 34.2 Å². The molecule has 2 aliphatic carbocycles. The van der Waals surface area contributed by atoms with Gasteiger partial charge in [0.1, 0.15) is 5.78 Å². The maximum Gasteiger partial charge on any atom is 0.155 e. The lowest BCUT2D eigenvalue weighted by atomic mass is 9.68. The van der Waals surface area contributed by atoms with Crippen molar-refractivity contribution in [2.45, 2.75) is 64.2 Å². The molecule has 0 spiro atoms. The second kappa shape index (κ2) is 13.2. The zero-order valence-corrected chi connectivity index (χ0v) is 21.4. The van der Waals surface area contributed by atoms with Gasteiger partial charge in [-0.15, -0.1) is 5.16 Å². The van der Waals surface area contributed by atoms with Gasteiger partial charge in [0.25, 0.3) is 0 Å². The Kier molecular flexibility index (Phi) is 9.73. The predicted octanol–water partition coefficient (Wildman–Crippen LogP) is 4.13. The van der Waals surface area contributed by atoms with Crippen LogP contribution in [0.2, 0.25) is 0 Å². The highest BCUT2D eigenvalue weighted by Gasteiger charge is 2.35. The van der Waals surface area contributed by atoms with Gasteiger partial charge in [0.05, 0.1) is 19.3 Å². The van der Waals surface area contributed by atoms with Gasteiger partial charge in [0.2, 0.25) is 0 Å². The highest BCUT2D eigenvalue weighted by Crippen LogP contribution is 2.42. The van der Waals surface area contributed by atoms with Crippen molar-refractivity contribution in [3.8, 4) is 0 Å². The van der Waals surface area contributed by atoms with Crippen LogP contribution in [0.3, 0.4) is 0 Å². The summed E-state index contributed by atoms with van der Waals surface area (Å²) in [4.78, 5) is 30.1. The largest absolute Gasteiger partial charge is 0.411 e. The molecule has 4 aliphatic rings. The standard InChI is InChI=1S/C28H42N4O4/c33-27(19-31-13-9-21(10-14-31)17-29-35)25-5-1-23(2-6-25)24-3-7-26(8-4-24)28(34)20-32-15-11-22(12-16-32)18-30-36/h9-10,13,17-18,22-26,35-36H,1-8,11-12,14-16,19-20H2/b29-17+,30-18+. The number of nitrogens with zero attached hydrogens (tertiary/aromatic N) is 4. The van der Waals surface area contributed by atoms with Gasteiger partial charge in [0.15, 0.2) is 5.78 Å². The number of ketones is 2. The number of hydrogen-bond donors (Lipinski definition) is 2. The van der Waals surface area contributed by atoms with Crippen LogP contribution in [0.1, 0.15) is 64.2 Å². The van der Waals surface area contributed by atoms with Crippen molar-refractivity contribution < 1.29 is 20.0 Å². The lowest BCUT2D eigenvalue weighted by Crippen LogP contribution is -2.40. The Balaban J connectivity index is 1.13. The zero-order chi connectivity index (χ0) is 25.3. The fourth-order valence-corrected chi connectivity index (χ4v) is 6.68. The van der Waals surface area contributed by atoms with Gasteiger partial charge >= 0.3 is 0 Å². The first-order chi connectivity index (χ1) is 17.6. The first kappa shape index (κ1) is 26.6. The molecule has 0 atom stereocenters. The van der Waals surface area contributed by atoms with E-state index in [1.807, 2.05) is 23.3 Å². The third-order valence-corrected chi connectivity index (χ3v) is 9.02. The van der Waals surface area contributed by atoms with Crippen LogP contribution >= 0.6 is 0 Å². The van der Waals surface area contributed by atoms with E-state index in [9.17, 15) is 9.59 Å². The Hall–Kier alpha value is -2.48. The fourth-order valence-electron chi connectivity index (χ4n) is 6.68. The van der Waals surface area contributed by atoms with E-state index in [1.54, 1.807) is 6.21 Å². The van der Waals surface area contributed by atoms with Gasteiger partial charge in [-0.2, -0.15) is 0 Å². The van der Waals surface area contributed by atoms with Crippen LogP contribution in [0.4, 0.5) is 0 Å². The summed E-state index contributed by atoms with van der Waals surface area (Å²) in [6.45, 7) is 3.50. The maximum absolute atomic E-state index is 12.9. The average Bonchev–Trinajstić information content (AvgIpc) is 2.91. The van der Waals surface area contributed by atoms with Crippen molar-refractivity contribution in [2.24, 2.45) is 39.9 Å². The number of Topliss-reactive ketones (excluding diaryl/α,β-unsaturated/α-hetero) is 2. The van der Waals surface area contributed by atoms with Crippen molar-refractivity contribution in [2.75, 3.05) is 32.7 Å². The van der Waals surface area contributed by atoms with Crippen molar-refractivity contribution in [3.05, 3.63) is 23.9 Å². The topological polar surface area (TPSA) is 106 Å². The van der Waals surface area contributed by atoms with Crippen LogP contribution in [-0.4, -0.2) is 76.9 Å². The van der Waals surface area contributed by atoms with Crippen LogP contribution in [0.25, 0.3) is 0 Å². The summed E-state index contributed by atoms with van der Waals surface area (Å²) in [5.41, 5.74) is 0.854. The smallest absolute Gasteiger partial charge is 0.155 e. The molecule has 0 amide bonds. The lowest BCUT2D eigenvalue weighted by molar-refractivity contribution is -0.126. The average molecular weight is 499 g/mol. The van der Waals surface area contributed by atoms with Gasteiger partial charge in [-0.3, -0.25) is 14.5 Å². The Labute approximate surface area is 214 Å². The molecule has 1 saturated heterocycles. The first-order valence-corrected chi connectivity index (χ1v) is 13.8. The number of carbonyl (C=O) groups is 2. The molecule has 0 aromatic rings. The van der Waals surface area contributed by atoms with Crippen LogP contribution in [0.5, 0.6) is 0 Å². The molecule has 4 rings (SSSR count). The number of hydrogen-bond acceptors (Lipinski definition) is 8. The zero-order valence-electron chi connectivity index (χ0n) is 21.4. The lowest BCUT2D eigenvalue weighted by Gasteiger charge is -2.38. The molecule has 2 saturated carbocycles. The molecule has 36 heavy (non-hydrogen) atoms. The highest BCUT2D eigenvalue weighted by atomic mass is 16.4. The summed E-state index contributed by atoms with van der Waals surface area (Å²) in [6, 6.07) is 0. The fraction of sp³-hybridized carbons (Fsp3) is 0.714. The molecule has 0 radical (unpaired) electrons. The molecule has 0 aromatic heterocycles. The van der Waals surface area contributed by atoms with Gasteiger partial charge in [-0.25, -0.2) is 0 Å². The van der Waals surface area contributed by atoms with E-state index in [4.69, 9.17) is 10.4 Å². The molecular formula is C28H42N4O4. The third-order valence-electron chi connectivity index (χ3n) is 9.02. The van der Waals surface area contributed by atoms with Gasteiger partial charge in [0, 0.05) is 30.8 Å². The molecule has 2 aliphatic heterocycles. The normalized spacial score (nSPS) is 30.7. The van der Waals surface area contributed by atoms with E-state index in [1.165, 1.54) is 6.21 Å². The van der Waals surface area contributed by atoms with Crippen molar-refractivity contribution >= 4 is 24.0 Å². The number of piperidine rings is 1. The predicted molar refractivity (Wildman–Crippen MR) is 139 cm³/mol. The third kappa shape index (κ3) is 7.28. The molecule has 0 aromatic carbocycles. The Morgan fingerprint density at radius 3 is 1.92 bits per heavy atom. The van der Waals surface area contributed by atoms with Crippen molar-refractivity contribution in [1.82, 2.24) is 9.80 Å². The molecule has 0 bridgehead atoms. The van der Waals surface area contributed by atoms with Crippen LogP contribution in [0, 0.1) is 29.6 Å². The second-order valence-electron chi connectivity index (χ2n) is 11.2. The number of oxime groups is 2. The van der Waals surface area contributed by atoms with Crippen molar-refractivity contribution in [3.63, 3.8) is 0 Å². The summed E-state index contributed by atoms with van der Waals surface area (Å²) < 4.78 is 0. The molecule has 0 unspecified atom stereocenters. The van der Waals surface area contributed by atoms with E-state index in [2.05, 4.69) is 15.2 Å². The number of carbonyl (C=O) groups excluding carboxylic acids is 2. The highest BCUT2D eigenvalue weighted by molar-refractivity contribution is 5.84. The van der Waals surface area contributed by atoms with E-state index >= 15 is 0 Å².